The molecule has 0 aromatic carbocycles. The predicted octanol–water partition coefficient (Wildman–Crippen LogP) is -0.543. The number of amides is 2. The monoisotopic (exact) mass is 291 g/mol. The van der Waals surface area contributed by atoms with Gasteiger partial charge in [0.2, 0.25) is 5.91 Å². The molecule has 114 valence electrons. The molecular formula is C14H21N5O2. The van der Waals surface area contributed by atoms with Gasteiger partial charge in [-0.25, -0.2) is 0 Å². The lowest BCUT2D eigenvalue weighted by Crippen LogP contribution is -2.53. The number of carbonyl (C=O) groups is 2. The van der Waals surface area contributed by atoms with E-state index in [0.29, 0.717) is 12.2 Å². The van der Waals surface area contributed by atoms with Crippen molar-refractivity contribution in [2.24, 2.45) is 7.05 Å². The van der Waals surface area contributed by atoms with Crippen LogP contribution in [0.4, 0.5) is 0 Å². The number of aryl methyl sites for hydroxylation is 1. The fraction of sp³-hybridized carbons (Fsp3) is 0.643. The van der Waals surface area contributed by atoms with E-state index in [1.807, 2.05) is 4.90 Å². The number of nitrogens with zero attached hydrogens (tertiary/aromatic N) is 4. The van der Waals surface area contributed by atoms with E-state index in [-0.39, 0.29) is 17.9 Å². The molecule has 2 saturated heterocycles. The molecule has 0 spiro atoms. The summed E-state index contributed by atoms with van der Waals surface area (Å²) in [4.78, 5) is 28.8. The number of rotatable bonds is 2. The van der Waals surface area contributed by atoms with E-state index in [1.54, 1.807) is 28.9 Å². The van der Waals surface area contributed by atoms with Gasteiger partial charge in [-0.3, -0.25) is 14.3 Å². The predicted molar refractivity (Wildman–Crippen MR) is 76.7 cm³/mol. The van der Waals surface area contributed by atoms with E-state index in [4.69, 9.17) is 0 Å². The Hall–Kier alpha value is -1.89. The van der Waals surface area contributed by atoms with Crippen molar-refractivity contribution in [3.8, 4) is 0 Å². The summed E-state index contributed by atoms with van der Waals surface area (Å²) in [5, 5.41) is 7.27. The molecule has 1 atom stereocenters. The van der Waals surface area contributed by atoms with Crippen molar-refractivity contribution in [1.82, 2.24) is 24.9 Å². The van der Waals surface area contributed by atoms with Gasteiger partial charge in [0.1, 0.15) is 11.7 Å². The van der Waals surface area contributed by atoms with E-state index < -0.39 is 0 Å². The van der Waals surface area contributed by atoms with Gasteiger partial charge in [0.05, 0.1) is 0 Å². The van der Waals surface area contributed by atoms with Crippen LogP contribution in [-0.4, -0.2) is 70.2 Å². The average molecular weight is 291 g/mol. The molecule has 2 aliphatic heterocycles. The Morgan fingerprint density at radius 3 is 2.71 bits per heavy atom. The SMILES string of the molecule is Cn1nccc1C(=O)N1CCCC1C(=O)N1CCNCC1. The fourth-order valence-electron chi connectivity index (χ4n) is 3.09. The molecule has 3 rings (SSSR count). The zero-order valence-electron chi connectivity index (χ0n) is 12.3. The van der Waals surface area contributed by atoms with Crippen LogP contribution in [0, 0.1) is 0 Å². The van der Waals surface area contributed by atoms with Crippen LogP contribution in [0.15, 0.2) is 12.3 Å². The lowest BCUT2D eigenvalue weighted by molar-refractivity contribution is -0.135. The summed E-state index contributed by atoms with van der Waals surface area (Å²) in [5.41, 5.74) is 0.537. The highest BCUT2D eigenvalue weighted by molar-refractivity contribution is 5.96. The molecule has 1 N–H and O–H groups in total. The summed E-state index contributed by atoms with van der Waals surface area (Å²) in [6.45, 7) is 3.75. The molecule has 0 aliphatic carbocycles. The lowest BCUT2D eigenvalue weighted by Gasteiger charge is -2.32. The maximum atomic E-state index is 12.7. The first-order valence-electron chi connectivity index (χ1n) is 7.47. The quantitative estimate of drug-likeness (QED) is 0.794. The first-order chi connectivity index (χ1) is 10.2. The molecule has 1 unspecified atom stereocenters. The Kier molecular flexibility index (Phi) is 3.92. The van der Waals surface area contributed by atoms with E-state index >= 15 is 0 Å². The molecule has 0 saturated carbocycles. The van der Waals surface area contributed by atoms with Gasteiger partial charge < -0.3 is 15.1 Å². The number of hydrogen-bond donors (Lipinski definition) is 1. The van der Waals surface area contributed by atoms with Gasteiger partial charge in [0, 0.05) is 46.0 Å². The Balaban J connectivity index is 1.74. The topological polar surface area (TPSA) is 70.5 Å². The highest BCUT2D eigenvalue weighted by Crippen LogP contribution is 2.22. The van der Waals surface area contributed by atoms with Crippen LogP contribution in [0.25, 0.3) is 0 Å². The third-order valence-corrected chi connectivity index (χ3v) is 4.27. The molecule has 1 aromatic rings. The maximum absolute atomic E-state index is 12.7. The minimum atomic E-state index is -0.314. The molecule has 21 heavy (non-hydrogen) atoms. The lowest BCUT2D eigenvalue weighted by atomic mass is 10.1. The number of piperazine rings is 1. The second-order valence-electron chi connectivity index (χ2n) is 5.57. The smallest absolute Gasteiger partial charge is 0.272 e. The van der Waals surface area contributed by atoms with Crippen molar-refractivity contribution in [1.29, 1.82) is 0 Å². The van der Waals surface area contributed by atoms with Gasteiger partial charge in [0.25, 0.3) is 5.91 Å². The Bertz CT molecular complexity index is 535. The Morgan fingerprint density at radius 2 is 2.05 bits per heavy atom. The maximum Gasteiger partial charge on any atom is 0.272 e. The molecule has 2 aliphatic rings. The fourth-order valence-corrected chi connectivity index (χ4v) is 3.09. The summed E-state index contributed by atoms with van der Waals surface area (Å²) < 4.78 is 1.56. The van der Waals surface area contributed by atoms with E-state index in [9.17, 15) is 9.59 Å². The van der Waals surface area contributed by atoms with Crippen LogP contribution in [0.3, 0.4) is 0 Å². The first kappa shape index (κ1) is 14.1. The summed E-state index contributed by atoms with van der Waals surface area (Å²) in [5.74, 6) is -0.00879. The zero-order valence-corrected chi connectivity index (χ0v) is 12.3. The minimum absolute atomic E-state index is 0.0875. The molecule has 2 amide bonds. The number of aromatic nitrogens is 2. The van der Waals surface area contributed by atoms with Crippen LogP contribution in [0.5, 0.6) is 0 Å². The van der Waals surface area contributed by atoms with Gasteiger partial charge in [0.15, 0.2) is 0 Å². The molecular weight excluding hydrogens is 270 g/mol. The largest absolute Gasteiger partial charge is 0.338 e. The third kappa shape index (κ3) is 2.65. The van der Waals surface area contributed by atoms with E-state index in [2.05, 4.69) is 10.4 Å². The third-order valence-electron chi connectivity index (χ3n) is 4.27. The molecule has 0 radical (unpaired) electrons. The van der Waals surface area contributed by atoms with Gasteiger partial charge in [-0.15, -0.1) is 0 Å². The molecule has 1 aromatic heterocycles. The molecule has 2 fully saturated rings. The zero-order chi connectivity index (χ0) is 14.8. The number of nitrogens with one attached hydrogen (secondary N) is 1. The molecule has 0 bridgehead atoms. The Labute approximate surface area is 123 Å². The Morgan fingerprint density at radius 1 is 1.29 bits per heavy atom. The summed E-state index contributed by atoms with van der Waals surface area (Å²) >= 11 is 0. The van der Waals surface area contributed by atoms with Crippen molar-refractivity contribution in [3.63, 3.8) is 0 Å². The van der Waals surface area contributed by atoms with Gasteiger partial charge in [-0.05, 0) is 18.9 Å². The summed E-state index contributed by atoms with van der Waals surface area (Å²) in [6.07, 6.45) is 3.24. The number of likely N-dealkylation sites (tertiary alicyclic amines) is 1. The second-order valence-corrected chi connectivity index (χ2v) is 5.57. The minimum Gasteiger partial charge on any atom is -0.338 e. The van der Waals surface area contributed by atoms with Crippen LogP contribution in [0.1, 0.15) is 23.3 Å². The van der Waals surface area contributed by atoms with Gasteiger partial charge in [-0.2, -0.15) is 5.10 Å². The summed E-state index contributed by atoms with van der Waals surface area (Å²) in [7, 11) is 1.75. The van der Waals surface area contributed by atoms with Crippen molar-refractivity contribution >= 4 is 11.8 Å². The average Bonchev–Trinajstić information content (AvgIpc) is 3.15. The standard InChI is InChI=1S/C14H21N5O2/c1-17-11(4-5-16-17)14(21)19-8-2-3-12(19)13(20)18-9-6-15-7-10-18/h4-5,12,15H,2-3,6-10H2,1H3. The number of carbonyl (C=O) groups excluding carboxylic acids is 2. The van der Waals surface area contributed by atoms with E-state index in [0.717, 1.165) is 39.0 Å². The van der Waals surface area contributed by atoms with Crippen molar-refractivity contribution in [3.05, 3.63) is 18.0 Å². The molecule has 7 nitrogen and oxygen atoms in total. The van der Waals surface area contributed by atoms with Gasteiger partial charge >= 0.3 is 0 Å². The highest BCUT2D eigenvalue weighted by Gasteiger charge is 2.37. The van der Waals surface area contributed by atoms with Crippen LogP contribution in [-0.2, 0) is 11.8 Å². The molecule has 3 heterocycles. The van der Waals surface area contributed by atoms with E-state index in [1.165, 1.54) is 0 Å². The van der Waals surface area contributed by atoms with Crippen LogP contribution in [0.2, 0.25) is 0 Å². The van der Waals surface area contributed by atoms with Crippen molar-refractivity contribution < 1.29 is 9.59 Å². The van der Waals surface area contributed by atoms with Crippen molar-refractivity contribution in [2.45, 2.75) is 18.9 Å². The summed E-state index contributed by atoms with van der Waals surface area (Å²) in [6, 6.07) is 1.39. The normalized spacial score (nSPS) is 22.6. The second kappa shape index (κ2) is 5.85. The van der Waals surface area contributed by atoms with Crippen molar-refractivity contribution in [2.75, 3.05) is 32.7 Å². The first-order valence-corrected chi connectivity index (χ1v) is 7.47. The van der Waals surface area contributed by atoms with Gasteiger partial charge in [-0.1, -0.05) is 0 Å². The highest BCUT2D eigenvalue weighted by atomic mass is 16.2. The van der Waals surface area contributed by atoms with Crippen LogP contribution >= 0.6 is 0 Å². The van der Waals surface area contributed by atoms with Crippen LogP contribution < -0.4 is 5.32 Å². The number of hydrogen-bond acceptors (Lipinski definition) is 4. The molecule has 7 heteroatoms.